The minimum Gasteiger partial charge on any atom is -0.456 e. The molecule has 0 amide bonds. The summed E-state index contributed by atoms with van der Waals surface area (Å²) in [6, 6.07) is 58.7. The van der Waals surface area contributed by atoms with E-state index in [9.17, 15) is 0 Å². The van der Waals surface area contributed by atoms with Gasteiger partial charge >= 0.3 is 0 Å². The van der Waals surface area contributed by atoms with Crippen LogP contribution in [0.4, 0.5) is 17.1 Å². The number of fused-ring (bicyclic) bond motifs is 7. The van der Waals surface area contributed by atoms with Gasteiger partial charge in [0.2, 0.25) is 0 Å². The lowest BCUT2D eigenvalue weighted by molar-refractivity contribution is 0.620. The first kappa shape index (κ1) is 27.5. The van der Waals surface area contributed by atoms with Crippen molar-refractivity contribution in [1.82, 2.24) is 0 Å². The Balaban J connectivity index is 1.18. The second-order valence-electron chi connectivity index (χ2n) is 13.0. The van der Waals surface area contributed by atoms with Gasteiger partial charge in [0.05, 0.1) is 0 Å². The zero-order valence-electron chi connectivity index (χ0n) is 26.4. The number of rotatable bonds is 5. The van der Waals surface area contributed by atoms with Crippen LogP contribution < -0.4 is 4.90 Å². The predicted molar refractivity (Wildman–Crippen MR) is 197 cm³/mol. The molecule has 1 aliphatic rings. The second kappa shape index (κ2) is 10.6. The first-order valence-electron chi connectivity index (χ1n) is 16.3. The molecule has 0 bridgehead atoms. The van der Waals surface area contributed by atoms with Crippen molar-refractivity contribution in [3.63, 3.8) is 0 Å². The third-order valence-electron chi connectivity index (χ3n) is 9.86. The van der Waals surface area contributed by atoms with E-state index < -0.39 is 0 Å². The monoisotopic (exact) mass is 603 g/mol. The fourth-order valence-corrected chi connectivity index (χ4v) is 7.52. The second-order valence-corrected chi connectivity index (χ2v) is 13.0. The molecular formula is C45H33NO. The molecule has 0 atom stereocenters. The van der Waals surface area contributed by atoms with E-state index in [2.05, 4.69) is 183 Å². The fourth-order valence-electron chi connectivity index (χ4n) is 7.52. The van der Waals surface area contributed by atoms with Crippen LogP contribution in [0.2, 0.25) is 0 Å². The van der Waals surface area contributed by atoms with Crippen LogP contribution in [0, 0.1) is 0 Å². The minimum absolute atomic E-state index is 0.144. The van der Waals surface area contributed by atoms with E-state index in [1.54, 1.807) is 0 Å². The zero-order valence-corrected chi connectivity index (χ0v) is 26.4. The van der Waals surface area contributed by atoms with Gasteiger partial charge in [-0.2, -0.15) is 0 Å². The number of hydrogen-bond donors (Lipinski definition) is 0. The van der Waals surface area contributed by atoms with Crippen molar-refractivity contribution in [2.45, 2.75) is 19.3 Å². The highest BCUT2D eigenvalue weighted by Crippen LogP contribution is 2.52. The van der Waals surface area contributed by atoms with E-state index >= 15 is 0 Å². The fraction of sp³-hybridized carbons (Fsp3) is 0.0667. The van der Waals surface area contributed by atoms with Gasteiger partial charge in [0.1, 0.15) is 11.2 Å². The van der Waals surface area contributed by atoms with E-state index in [0.717, 1.165) is 39.0 Å². The SMILES string of the molecule is CC1(C)c2ccccc2-c2ccc3c(oc4cc(N(c5ccc(-c6ccccc6)cc5)c5ccc(-c6ccccc6)cc5)ccc43)c21. The van der Waals surface area contributed by atoms with Crippen LogP contribution >= 0.6 is 0 Å². The molecule has 2 heteroatoms. The van der Waals surface area contributed by atoms with E-state index in [1.165, 1.54) is 44.5 Å². The quantitative estimate of drug-likeness (QED) is 0.195. The first-order chi connectivity index (χ1) is 23.1. The van der Waals surface area contributed by atoms with Gasteiger partial charge < -0.3 is 9.32 Å². The molecular weight excluding hydrogens is 571 g/mol. The van der Waals surface area contributed by atoms with Gasteiger partial charge in [-0.3, -0.25) is 0 Å². The number of furan rings is 1. The largest absolute Gasteiger partial charge is 0.456 e. The molecule has 0 saturated heterocycles. The molecule has 1 aliphatic carbocycles. The summed E-state index contributed by atoms with van der Waals surface area (Å²) in [5, 5.41) is 2.30. The maximum absolute atomic E-state index is 6.85. The Morgan fingerprint density at radius 3 is 1.57 bits per heavy atom. The number of anilines is 3. The van der Waals surface area contributed by atoms with E-state index in [0.29, 0.717) is 0 Å². The highest BCUT2D eigenvalue weighted by Gasteiger charge is 2.38. The number of nitrogens with zero attached hydrogens (tertiary/aromatic N) is 1. The molecule has 0 unspecified atom stereocenters. The number of benzene rings is 7. The topological polar surface area (TPSA) is 16.4 Å². The molecule has 9 rings (SSSR count). The lowest BCUT2D eigenvalue weighted by Gasteiger charge is -2.26. The maximum Gasteiger partial charge on any atom is 0.140 e. The Hall–Kier alpha value is -5.86. The minimum atomic E-state index is -0.144. The Morgan fingerprint density at radius 2 is 0.957 bits per heavy atom. The van der Waals surface area contributed by atoms with Gasteiger partial charge in [0.15, 0.2) is 0 Å². The van der Waals surface area contributed by atoms with E-state index in [1.807, 2.05) is 0 Å². The van der Waals surface area contributed by atoms with Crippen molar-refractivity contribution >= 4 is 39.0 Å². The molecule has 8 aromatic rings. The van der Waals surface area contributed by atoms with Gasteiger partial charge in [0.25, 0.3) is 0 Å². The molecule has 1 aromatic heterocycles. The average molecular weight is 604 g/mol. The van der Waals surface area contributed by atoms with Crippen LogP contribution in [0.3, 0.4) is 0 Å². The smallest absolute Gasteiger partial charge is 0.140 e. The summed E-state index contributed by atoms with van der Waals surface area (Å²) in [6.45, 7) is 4.63. The molecule has 0 saturated carbocycles. The highest BCUT2D eigenvalue weighted by molar-refractivity contribution is 6.10. The van der Waals surface area contributed by atoms with E-state index in [4.69, 9.17) is 4.42 Å². The molecule has 0 radical (unpaired) electrons. The third-order valence-corrected chi connectivity index (χ3v) is 9.86. The Kier molecular flexibility index (Phi) is 6.20. The lowest BCUT2D eigenvalue weighted by Crippen LogP contribution is -2.15. The van der Waals surface area contributed by atoms with E-state index in [-0.39, 0.29) is 5.41 Å². The van der Waals surface area contributed by atoms with Crippen molar-refractivity contribution in [3.8, 4) is 33.4 Å². The molecule has 47 heavy (non-hydrogen) atoms. The molecule has 7 aromatic carbocycles. The van der Waals surface area contributed by atoms with Crippen molar-refractivity contribution < 1.29 is 4.42 Å². The summed E-state index contributed by atoms with van der Waals surface area (Å²) < 4.78 is 6.85. The summed E-state index contributed by atoms with van der Waals surface area (Å²) in [7, 11) is 0. The van der Waals surface area contributed by atoms with Crippen molar-refractivity contribution in [1.29, 1.82) is 0 Å². The number of hydrogen-bond acceptors (Lipinski definition) is 2. The molecule has 0 fully saturated rings. The van der Waals surface area contributed by atoms with Gasteiger partial charge in [-0.15, -0.1) is 0 Å². The molecule has 0 aliphatic heterocycles. The van der Waals surface area contributed by atoms with Crippen LogP contribution in [0.25, 0.3) is 55.3 Å². The van der Waals surface area contributed by atoms with Gasteiger partial charge in [0, 0.05) is 44.9 Å². The standard InChI is InChI=1S/C45H33NO/c1-45(2)41-16-10-9-15-37(41)39-27-28-40-38-26-25-36(29-42(38)47-44(40)43(39)45)46(34-21-17-32(18-22-34)30-11-5-3-6-12-30)35-23-19-33(20-24-35)31-13-7-4-8-14-31/h3-29H,1-2H3. The van der Waals surface area contributed by atoms with Crippen LogP contribution in [0.15, 0.2) is 168 Å². The van der Waals surface area contributed by atoms with Crippen molar-refractivity contribution in [2.24, 2.45) is 0 Å². The maximum atomic E-state index is 6.85. The zero-order chi connectivity index (χ0) is 31.5. The Labute approximate surface area is 275 Å². The molecule has 0 spiro atoms. The summed E-state index contributed by atoms with van der Waals surface area (Å²) in [5.74, 6) is 0. The first-order valence-corrected chi connectivity index (χ1v) is 16.3. The Bertz CT molecular complexity index is 2320. The van der Waals surface area contributed by atoms with Gasteiger partial charge in [-0.25, -0.2) is 0 Å². The molecule has 224 valence electrons. The summed E-state index contributed by atoms with van der Waals surface area (Å²) in [4.78, 5) is 2.32. The van der Waals surface area contributed by atoms with Crippen LogP contribution in [-0.2, 0) is 5.41 Å². The van der Waals surface area contributed by atoms with Crippen LogP contribution in [0.1, 0.15) is 25.0 Å². The van der Waals surface area contributed by atoms with Crippen LogP contribution in [-0.4, -0.2) is 0 Å². The normalized spacial score (nSPS) is 13.1. The molecule has 1 heterocycles. The van der Waals surface area contributed by atoms with Gasteiger partial charge in [-0.05, 0) is 81.4 Å². The summed E-state index contributed by atoms with van der Waals surface area (Å²) in [5.41, 5.74) is 15.0. The average Bonchev–Trinajstić information content (AvgIpc) is 3.61. The molecule has 2 nitrogen and oxygen atoms in total. The van der Waals surface area contributed by atoms with Gasteiger partial charge in [-0.1, -0.05) is 129 Å². The summed E-state index contributed by atoms with van der Waals surface area (Å²) >= 11 is 0. The lowest BCUT2D eigenvalue weighted by atomic mass is 9.82. The summed E-state index contributed by atoms with van der Waals surface area (Å²) in [6.07, 6.45) is 0. The highest BCUT2D eigenvalue weighted by atomic mass is 16.3. The third kappa shape index (κ3) is 4.40. The van der Waals surface area contributed by atoms with Crippen molar-refractivity contribution in [2.75, 3.05) is 4.90 Å². The van der Waals surface area contributed by atoms with Crippen molar-refractivity contribution in [3.05, 3.63) is 175 Å². The molecule has 0 N–H and O–H groups in total. The van der Waals surface area contributed by atoms with Crippen LogP contribution in [0.5, 0.6) is 0 Å². The predicted octanol–water partition coefficient (Wildman–Crippen LogP) is 12.7. The Morgan fingerprint density at radius 1 is 0.447 bits per heavy atom.